The van der Waals surface area contributed by atoms with Crippen LogP contribution in [0.2, 0.25) is 0 Å². The molecule has 4 aromatic rings. The first kappa shape index (κ1) is 18.5. The van der Waals surface area contributed by atoms with Gasteiger partial charge < -0.3 is 10.1 Å². The van der Waals surface area contributed by atoms with E-state index in [9.17, 15) is 4.79 Å². The van der Waals surface area contributed by atoms with Crippen LogP contribution in [0.15, 0.2) is 84.9 Å². The SMILES string of the molecule is COc1cccc(-c2cc(-c3ccccc3C)n(C(=O)Nc3ccccc3)n2)c1. The Kier molecular flexibility index (Phi) is 5.12. The van der Waals surface area contributed by atoms with Crippen LogP contribution >= 0.6 is 0 Å². The second kappa shape index (κ2) is 8.02. The normalized spacial score (nSPS) is 10.6. The fourth-order valence-corrected chi connectivity index (χ4v) is 3.21. The van der Waals surface area contributed by atoms with Gasteiger partial charge in [-0.05, 0) is 42.8 Å². The molecule has 5 heteroatoms. The van der Waals surface area contributed by atoms with E-state index in [4.69, 9.17) is 4.74 Å². The number of amides is 1. The Morgan fingerprint density at radius 2 is 1.69 bits per heavy atom. The summed E-state index contributed by atoms with van der Waals surface area (Å²) in [5, 5.41) is 7.53. The third-order valence-corrected chi connectivity index (χ3v) is 4.71. The highest BCUT2D eigenvalue weighted by atomic mass is 16.5. The third-order valence-electron chi connectivity index (χ3n) is 4.71. The van der Waals surface area contributed by atoms with Gasteiger partial charge in [-0.1, -0.05) is 54.6 Å². The Morgan fingerprint density at radius 1 is 0.931 bits per heavy atom. The van der Waals surface area contributed by atoms with Crippen LogP contribution in [-0.4, -0.2) is 22.9 Å². The van der Waals surface area contributed by atoms with Gasteiger partial charge in [-0.15, -0.1) is 0 Å². The minimum atomic E-state index is -0.316. The Morgan fingerprint density at radius 3 is 2.45 bits per heavy atom. The van der Waals surface area contributed by atoms with E-state index in [-0.39, 0.29) is 6.03 Å². The summed E-state index contributed by atoms with van der Waals surface area (Å²) in [5.41, 5.74) is 5.05. The quantitative estimate of drug-likeness (QED) is 0.498. The molecular formula is C24H21N3O2. The van der Waals surface area contributed by atoms with Gasteiger partial charge in [-0.25, -0.2) is 4.79 Å². The summed E-state index contributed by atoms with van der Waals surface area (Å²) < 4.78 is 6.75. The van der Waals surface area contributed by atoms with Gasteiger partial charge in [-0.2, -0.15) is 9.78 Å². The van der Waals surface area contributed by atoms with Crippen LogP contribution in [0.5, 0.6) is 5.75 Å². The number of nitrogens with zero attached hydrogens (tertiary/aromatic N) is 2. The van der Waals surface area contributed by atoms with Crippen molar-refractivity contribution in [1.82, 2.24) is 9.78 Å². The molecule has 5 nitrogen and oxygen atoms in total. The predicted molar refractivity (Wildman–Crippen MR) is 115 cm³/mol. The molecule has 0 bridgehead atoms. The monoisotopic (exact) mass is 383 g/mol. The van der Waals surface area contributed by atoms with Crippen molar-refractivity contribution in [2.75, 3.05) is 12.4 Å². The molecule has 4 rings (SSSR count). The molecule has 1 aromatic heterocycles. The molecule has 0 radical (unpaired) electrons. The van der Waals surface area contributed by atoms with Gasteiger partial charge in [0, 0.05) is 16.8 Å². The second-order valence-electron chi connectivity index (χ2n) is 6.67. The number of rotatable bonds is 4. The van der Waals surface area contributed by atoms with Gasteiger partial charge in [0.25, 0.3) is 0 Å². The minimum absolute atomic E-state index is 0.316. The van der Waals surface area contributed by atoms with E-state index >= 15 is 0 Å². The standard InChI is InChI=1S/C24H21N3O2/c1-17-9-6-7-14-21(17)23-16-22(18-10-8-13-20(15-18)29-2)26-27(23)24(28)25-19-11-4-3-5-12-19/h3-16H,1-2H3,(H,25,28). The minimum Gasteiger partial charge on any atom is -0.497 e. The first-order valence-corrected chi connectivity index (χ1v) is 9.32. The lowest BCUT2D eigenvalue weighted by molar-refractivity contribution is 0.251. The smallest absolute Gasteiger partial charge is 0.347 e. The van der Waals surface area contributed by atoms with Crippen LogP contribution in [-0.2, 0) is 0 Å². The number of methoxy groups -OCH3 is 1. The molecule has 29 heavy (non-hydrogen) atoms. The number of anilines is 1. The average molecular weight is 383 g/mol. The van der Waals surface area contributed by atoms with E-state index in [2.05, 4.69) is 10.4 Å². The molecule has 0 aliphatic rings. The maximum Gasteiger partial charge on any atom is 0.347 e. The number of ether oxygens (including phenoxy) is 1. The van der Waals surface area contributed by atoms with Crippen molar-refractivity contribution in [2.45, 2.75) is 6.92 Å². The lowest BCUT2D eigenvalue weighted by Gasteiger charge is -2.10. The number of aryl methyl sites for hydroxylation is 1. The van der Waals surface area contributed by atoms with E-state index in [1.807, 2.05) is 91.9 Å². The van der Waals surface area contributed by atoms with Crippen LogP contribution in [0, 0.1) is 6.92 Å². The van der Waals surface area contributed by atoms with Crippen LogP contribution in [0.1, 0.15) is 5.56 Å². The van der Waals surface area contributed by atoms with Crippen LogP contribution in [0.4, 0.5) is 10.5 Å². The Balaban J connectivity index is 1.81. The van der Waals surface area contributed by atoms with Crippen LogP contribution in [0.3, 0.4) is 0 Å². The molecular weight excluding hydrogens is 362 g/mol. The molecule has 1 amide bonds. The number of para-hydroxylation sites is 1. The molecule has 0 aliphatic heterocycles. The summed E-state index contributed by atoms with van der Waals surface area (Å²) in [6.07, 6.45) is 0. The molecule has 0 atom stereocenters. The Bertz CT molecular complexity index is 1150. The van der Waals surface area contributed by atoms with Gasteiger partial charge in [0.1, 0.15) is 5.75 Å². The summed E-state index contributed by atoms with van der Waals surface area (Å²) in [6.45, 7) is 2.02. The molecule has 0 saturated heterocycles. The van der Waals surface area contributed by atoms with E-state index < -0.39 is 0 Å². The molecule has 144 valence electrons. The fourth-order valence-electron chi connectivity index (χ4n) is 3.21. The number of nitrogens with one attached hydrogen (secondary N) is 1. The Labute approximate surface area is 169 Å². The first-order chi connectivity index (χ1) is 14.2. The number of carbonyl (C=O) groups excluding carboxylic acids is 1. The highest BCUT2D eigenvalue weighted by molar-refractivity contribution is 5.94. The van der Waals surface area contributed by atoms with Crippen molar-refractivity contribution in [2.24, 2.45) is 0 Å². The van der Waals surface area contributed by atoms with Gasteiger partial charge >= 0.3 is 6.03 Å². The average Bonchev–Trinajstić information content (AvgIpc) is 3.20. The first-order valence-electron chi connectivity index (χ1n) is 9.32. The molecule has 0 fully saturated rings. The largest absolute Gasteiger partial charge is 0.497 e. The van der Waals surface area contributed by atoms with Gasteiger partial charge in [0.05, 0.1) is 18.5 Å². The number of hydrogen-bond acceptors (Lipinski definition) is 3. The lowest BCUT2D eigenvalue weighted by atomic mass is 10.0. The van der Waals surface area contributed by atoms with Crippen molar-refractivity contribution >= 4 is 11.7 Å². The Hall–Kier alpha value is -3.86. The van der Waals surface area contributed by atoms with Crippen molar-refractivity contribution in [3.8, 4) is 28.3 Å². The molecule has 3 aromatic carbocycles. The lowest BCUT2D eigenvalue weighted by Crippen LogP contribution is -2.21. The van der Waals surface area contributed by atoms with E-state index in [0.717, 1.165) is 28.1 Å². The number of hydrogen-bond donors (Lipinski definition) is 1. The zero-order valence-corrected chi connectivity index (χ0v) is 16.3. The fraction of sp³-hybridized carbons (Fsp3) is 0.0833. The highest BCUT2D eigenvalue weighted by Crippen LogP contribution is 2.30. The summed E-state index contributed by atoms with van der Waals surface area (Å²) in [7, 11) is 1.63. The van der Waals surface area contributed by atoms with Gasteiger partial charge in [0.2, 0.25) is 0 Å². The second-order valence-corrected chi connectivity index (χ2v) is 6.67. The summed E-state index contributed by atoms with van der Waals surface area (Å²) in [6, 6.07) is 26.6. The van der Waals surface area contributed by atoms with Crippen molar-refractivity contribution in [3.05, 3.63) is 90.5 Å². The molecule has 0 unspecified atom stereocenters. The van der Waals surface area contributed by atoms with Crippen LogP contribution < -0.4 is 10.1 Å². The molecule has 0 aliphatic carbocycles. The van der Waals surface area contributed by atoms with Crippen LogP contribution in [0.25, 0.3) is 22.5 Å². The predicted octanol–water partition coefficient (Wildman–Crippen LogP) is 5.61. The van der Waals surface area contributed by atoms with E-state index in [0.29, 0.717) is 11.4 Å². The van der Waals surface area contributed by atoms with E-state index in [1.54, 1.807) is 7.11 Å². The molecule has 0 saturated carbocycles. The summed E-state index contributed by atoms with van der Waals surface area (Å²) >= 11 is 0. The highest BCUT2D eigenvalue weighted by Gasteiger charge is 2.18. The molecule has 0 spiro atoms. The van der Waals surface area contributed by atoms with Crippen molar-refractivity contribution in [1.29, 1.82) is 0 Å². The number of carbonyl (C=O) groups is 1. The zero-order chi connectivity index (χ0) is 20.2. The molecule has 1 N–H and O–H groups in total. The van der Waals surface area contributed by atoms with Gasteiger partial charge in [0.15, 0.2) is 0 Å². The van der Waals surface area contributed by atoms with Crippen molar-refractivity contribution < 1.29 is 9.53 Å². The third kappa shape index (κ3) is 3.89. The molecule has 1 heterocycles. The van der Waals surface area contributed by atoms with E-state index in [1.165, 1.54) is 4.68 Å². The van der Waals surface area contributed by atoms with Crippen molar-refractivity contribution in [3.63, 3.8) is 0 Å². The summed E-state index contributed by atoms with van der Waals surface area (Å²) in [5.74, 6) is 0.739. The number of benzene rings is 3. The topological polar surface area (TPSA) is 56.1 Å². The maximum atomic E-state index is 13.1. The zero-order valence-electron chi connectivity index (χ0n) is 16.3. The maximum absolute atomic E-state index is 13.1. The number of aromatic nitrogens is 2. The summed E-state index contributed by atoms with van der Waals surface area (Å²) in [4.78, 5) is 13.1. The van der Waals surface area contributed by atoms with Gasteiger partial charge in [-0.3, -0.25) is 0 Å².